The second kappa shape index (κ2) is 10.6. The number of hydrogen-bond acceptors (Lipinski definition) is 6. The molecule has 2 aromatic heterocycles. The molecule has 0 N–H and O–H groups in total. The van der Waals surface area contributed by atoms with Crippen LogP contribution in [0.2, 0.25) is 15.1 Å². The zero-order valence-corrected chi connectivity index (χ0v) is 21.3. The molecule has 0 radical (unpaired) electrons. The van der Waals surface area contributed by atoms with Crippen molar-refractivity contribution in [2.45, 2.75) is 58.5 Å². The van der Waals surface area contributed by atoms with Crippen molar-refractivity contribution in [3.05, 3.63) is 70.9 Å². The van der Waals surface area contributed by atoms with E-state index >= 15 is 0 Å². The molecule has 0 aliphatic carbocycles. The normalized spacial score (nSPS) is 12.8. The van der Waals surface area contributed by atoms with Gasteiger partial charge in [-0.3, -0.25) is 13.9 Å². The number of hydrogen-bond donors (Lipinski definition) is 0. The van der Waals surface area contributed by atoms with Crippen molar-refractivity contribution in [3.8, 4) is 0 Å². The first kappa shape index (κ1) is 25.0. The summed E-state index contributed by atoms with van der Waals surface area (Å²) < 4.78 is 8.11. The standard InChI is InChI=1S/C22H21Cl4N5O3/c1-2-3-8-30-20-13(11-15(24)27-20)21(32)31(22(30)33)9-4-5-17-28-16(29-34-17)10-12-6-7-14(23)19(26)18(12)25/h6-7H,2-5,8-11H2,1H3. The Morgan fingerprint density at radius 2 is 1.79 bits per heavy atom. The Morgan fingerprint density at radius 3 is 2.56 bits per heavy atom. The molecule has 34 heavy (non-hydrogen) atoms. The van der Waals surface area contributed by atoms with Crippen molar-refractivity contribution in [2.75, 3.05) is 0 Å². The molecule has 12 heteroatoms. The fourth-order valence-corrected chi connectivity index (χ4v) is 4.60. The first-order chi connectivity index (χ1) is 16.3. The second-order valence-corrected chi connectivity index (χ2v) is 9.53. The molecule has 1 aliphatic heterocycles. The molecule has 0 saturated carbocycles. The molecule has 0 amide bonds. The van der Waals surface area contributed by atoms with Crippen molar-refractivity contribution < 1.29 is 4.52 Å². The number of aliphatic imine (C=N–C) groups is 1. The maximum Gasteiger partial charge on any atom is 0.332 e. The Hall–Kier alpha value is -2.13. The van der Waals surface area contributed by atoms with Crippen LogP contribution in [0.3, 0.4) is 0 Å². The van der Waals surface area contributed by atoms with Gasteiger partial charge in [0.05, 0.1) is 20.6 Å². The molecule has 0 spiro atoms. The highest BCUT2D eigenvalue weighted by Crippen LogP contribution is 2.33. The van der Waals surface area contributed by atoms with E-state index in [1.807, 2.05) is 6.92 Å². The third kappa shape index (κ3) is 5.10. The molecule has 0 atom stereocenters. The molecular formula is C22H21Cl4N5O3. The number of aromatic nitrogens is 4. The SMILES string of the molecule is CCCCn1c2c(c(=O)n(CCCc3nc(Cc4ccc(Cl)c(Cl)c4Cl)no3)c1=O)CC(Cl)=N2. The topological polar surface area (TPSA) is 95.3 Å². The average Bonchev–Trinajstić information content (AvgIpc) is 3.42. The number of unbranched alkanes of at least 4 members (excludes halogenated alkanes) is 1. The summed E-state index contributed by atoms with van der Waals surface area (Å²) in [6.07, 6.45) is 3.14. The first-order valence-electron chi connectivity index (χ1n) is 10.8. The van der Waals surface area contributed by atoms with Gasteiger partial charge in [0, 0.05) is 32.4 Å². The Morgan fingerprint density at radius 1 is 1.03 bits per heavy atom. The third-order valence-electron chi connectivity index (χ3n) is 5.52. The maximum absolute atomic E-state index is 13.0. The monoisotopic (exact) mass is 543 g/mol. The molecule has 0 fully saturated rings. The summed E-state index contributed by atoms with van der Waals surface area (Å²) in [5.74, 6) is 1.23. The van der Waals surface area contributed by atoms with Gasteiger partial charge in [-0.1, -0.05) is 71.0 Å². The summed E-state index contributed by atoms with van der Waals surface area (Å²) in [7, 11) is 0. The molecule has 3 aromatic rings. The predicted molar refractivity (Wildman–Crippen MR) is 133 cm³/mol. The number of aryl methyl sites for hydroxylation is 1. The highest BCUT2D eigenvalue weighted by molar-refractivity contribution is 6.66. The lowest BCUT2D eigenvalue weighted by atomic mass is 10.1. The summed E-state index contributed by atoms with van der Waals surface area (Å²) in [5.41, 5.74) is 0.446. The summed E-state index contributed by atoms with van der Waals surface area (Å²) in [6, 6.07) is 3.42. The van der Waals surface area contributed by atoms with Crippen LogP contribution < -0.4 is 11.2 Å². The summed E-state index contributed by atoms with van der Waals surface area (Å²) in [6.45, 7) is 2.73. The van der Waals surface area contributed by atoms with Crippen molar-refractivity contribution in [1.29, 1.82) is 0 Å². The van der Waals surface area contributed by atoms with Gasteiger partial charge >= 0.3 is 5.69 Å². The van der Waals surface area contributed by atoms with Crippen LogP contribution in [0.4, 0.5) is 5.82 Å². The van der Waals surface area contributed by atoms with E-state index in [1.165, 1.54) is 4.57 Å². The van der Waals surface area contributed by atoms with Crippen LogP contribution in [0.15, 0.2) is 31.2 Å². The Kier molecular flexibility index (Phi) is 7.82. The van der Waals surface area contributed by atoms with Crippen LogP contribution in [0.25, 0.3) is 0 Å². The zero-order valence-electron chi connectivity index (χ0n) is 18.3. The summed E-state index contributed by atoms with van der Waals surface area (Å²) in [4.78, 5) is 34.5. The van der Waals surface area contributed by atoms with Crippen molar-refractivity contribution in [1.82, 2.24) is 19.3 Å². The molecule has 1 aliphatic rings. The van der Waals surface area contributed by atoms with E-state index in [4.69, 9.17) is 50.9 Å². The number of halogens is 4. The van der Waals surface area contributed by atoms with Gasteiger partial charge in [0.15, 0.2) is 5.82 Å². The highest BCUT2D eigenvalue weighted by Gasteiger charge is 2.24. The Bertz CT molecular complexity index is 1380. The van der Waals surface area contributed by atoms with Crippen LogP contribution in [-0.4, -0.2) is 24.4 Å². The minimum atomic E-state index is -0.382. The van der Waals surface area contributed by atoms with Gasteiger partial charge in [0.2, 0.25) is 5.89 Å². The minimum absolute atomic E-state index is 0.213. The lowest BCUT2D eigenvalue weighted by molar-refractivity contribution is 0.366. The van der Waals surface area contributed by atoms with E-state index in [-0.39, 0.29) is 29.2 Å². The van der Waals surface area contributed by atoms with Crippen LogP contribution in [-0.2, 0) is 32.4 Å². The highest BCUT2D eigenvalue weighted by atomic mass is 35.5. The summed E-state index contributed by atoms with van der Waals surface area (Å²) in [5, 5.41) is 5.29. The van der Waals surface area contributed by atoms with Gasteiger partial charge in [0.1, 0.15) is 11.0 Å². The fourth-order valence-electron chi connectivity index (χ4n) is 3.77. The van der Waals surface area contributed by atoms with Gasteiger partial charge in [-0.15, -0.1) is 0 Å². The lowest BCUT2D eigenvalue weighted by Gasteiger charge is -2.13. The minimum Gasteiger partial charge on any atom is -0.339 e. The smallest absolute Gasteiger partial charge is 0.332 e. The molecule has 3 heterocycles. The Labute approximate surface area is 215 Å². The maximum atomic E-state index is 13.0. The van der Waals surface area contributed by atoms with Gasteiger partial charge in [0.25, 0.3) is 5.56 Å². The predicted octanol–water partition coefficient (Wildman–Crippen LogP) is 5.20. The van der Waals surface area contributed by atoms with Gasteiger partial charge < -0.3 is 4.52 Å². The molecule has 180 valence electrons. The molecule has 0 unspecified atom stereocenters. The fraction of sp³-hybridized carbons (Fsp3) is 0.409. The second-order valence-electron chi connectivity index (χ2n) is 7.93. The van der Waals surface area contributed by atoms with E-state index in [0.717, 1.165) is 18.4 Å². The number of benzene rings is 1. The third-order valence-corrected chi connectivity index (χ3v) is 7.07. The number of fused-ring (bicyclic) bond motifs is 1. The van der Waals surface area contributed by atoms with E-state index in [0.29, 0.717) is 64.1 Å². The lowest BCUT2D eigenvalue weighted by Crippen LogP contribution is -2.41. The molecule has 8 nitrogen and oxygen atoms in total. The molecule has 4 rings (SSSR count). The zero-order chi connectivity index (χ0) is 24.4. The van der Waals surface area contributed by atoms with Crippen LogP contribution in [0.1, 0.15) is 49.0 Å². The van der Waals surface area contributed by atoms with Gasteiger partial charge in [-0.25, -0.2) is 9.79 Å². The van der Waals surface area contributed by atoms with Crippen LogP contribution in [0.5, 0.6) is 0 Å². The van der Waals surface area contributed by atoms with Crippen molar-refractivity contribution in [3.63, 3.8) is 0 Å². The van der Waals surface area contributed by atoms with E-state index in [1.54, 1.807) is 16.7 Å². The van der Waals surface area contributed by atoms with Gasteiger partial charge in [-0.2, -0.15) is 4.98 Å². The van der Waals surface area contributed by atoms with E-state index in [2.05, 4.69) is 15.1 Å². The molecule has 0 bridgehead atoms. The molecule has 0 saturated heterocycles. The number of nitrogens with zero attached hydrogens (tertiary/aromatic N) is 5. The van der Waals surface area contributed by atoms with Crippen LogP contribution in [0, 0.1) is 0 Å². The summed E-state index contributed by atoms with van der Waals surface area (Å²) >= 11 is 24.4. The number of rotatable bonds is 9. The van der Waals surface area contributed by atoms with Crippen LogP contribution >= 0.6 is 46.4 Å². The Balaban J connectivity index is 1.46. The van der Waals surface area contributed by atoms with Gasteiger partial charge in [-0.05, 0) is 24.5 Å². The first-order valence-corrected chi connectivity index (χ1v) is 12.3. The van der Waals surface area contributed by atoms with E-state index < -0.39 is 0 Å². The quantitative estimate of drug-likeness (QED) is 0.345. The van der Waals surface area contributed by atoms with E-state index in [9.17, 15) is 9.59 Å². The molecular weight excluding hydrogens is 524 g/mol. The largest absolute Gasteiger partial charge is 0.339 e. The van der Waals surface area contributed by atoms with Crippen molar-refractivity contribution >= 4 is 57.4 Å². The molecule has 1 aromatic carbocycles. The van der Waals surface area contributed by atoms with Crippen molar-refractivity contribution in [2.24, 2.45) is 4.99 Å². The average molecular weight is 545 g/mol.